The molecule has 0 radical (unpaired) electrons. The second-order valence-corrected chi connectivity index (χ2v) is 9.54. The number of allylic oxidation sites excluding steroid dienone is 2. The number of aryl methyl sites for hydroxylation is 2. The maximum absolute atomic E-state index is 15.2. The van der Waals surface area contributed by atoms with Crippen molar-refractivity contribution in [3.05, 3.63) is 94.0 Å². The molecule has 0 heterocycles. The average Bonchev–Trinajstić information content (AvgIpc) is 2.81. The fraction of sp³-hybridized carbons (Fsp3) is 0.379. The molecule has 1 aliphatic carbocycles. The molecule has 0 aliphatic heterocycles. The molecule has 0 spiro atoms. The van der Waals surface area contributed by atoms with Gasteiger partial charge in [-0.1, -0.05) is 60.2 Å². The second kappa shape index (κ2) is 10.6. The standard InChI is InChI=1S/C29H31ClF2/c1-2-3-4-5-20-6-10-22(11-7-20)24-15-16-26-25(19-24)14-13-23(29(26)32)12-8-21-9-17-27(30)28(31)18-21/h2-3,9,13-20,22H,4-8,10-12H2,1H3/b3-2+. The molecule has 0 saturated heterocycles. The van der Waals surface area contributed by atoms with Gasteiger partial charge in [-0.05, 0) is 104 Å². The zero-order valence-corrected chi connectivity index (χ0v) is 19.5. The highest BCUT2D eigenvalue weighted by Crippen LogP contribution is 2.38. The van der Waals surface area contributed by atoms with Crippen LogP contribution < -0.4 is 0 Å². The van der Waals surface area contributed by atoms with Crippen LogP contribution in [0.25, 0.3) is 10.8 Å². The van der Waals surface area contributed by atoms with Crippen molar-refractivity contribution in [2.45, 2.75) is 64.2 Å². The van der Waals surface area contributed by atoms with Crippen molar-refractivity contribution in [3.63, 3.8) is 0 Å². The van der Waals surface area contributed by atoms with Gasteiger partial charge in [-0.3, -0.25) is 0 Å². The molecule has 3 aromatic carbocycles. The summed E-state index contributed by atoms with van der Waals surface area (Å²) in [5.74, 6) is 0.843. The number of rotatable bonds is 7. The van der Waals surface area contributed by atoms with Crippen LogP contribution in [-0.4, -0.2) is 0 Å². The van der Waals surface area contributed by atoms with Gasteiger partial charge in [0, 0.05) is 5.39 Å². The van der Waals surface area contributed by atoms with Crippen molar-refractivity contribution >= 4 is 22.4 Å². The van der Waals surface area contributed by atoms with Crippen LogP contribution >= 0.6 is 11.6 Å². The van der Waals surface area contributed by atoms with Crippen LogP contribution in [0.4, 0.5) is 8.78 Å². The Morgan fingerprint density at radius 2 is 1.75 bits per heavy atom. The van der Waals surface area contributed by atoms with E-state index in [0.29, 0.717) is 29.7 Å². The van der Waals surface area contributed by atoms with Gasteiger partial charge in [-0.25, -0.2) is 8.78 Å². The van der Waals surface area contributed by atoms with Gasteiger partial charge in [0.25, 0.3) is 0 Å². The van der Waals surface area contributed by atoms with Gasteiger partial charge in [0.15, 0.2) is 0 Å². The lowest BCUT2D eigenvalue weighted by Crippen LogP contribution is -2.13. The first kappa shape index (κ1) is 23.0. The summed E-state index contributed by atoms with van der Waals surface area (Å²) in [7, 11) is 0. The molecule has 0 N–H and O–H groups in total. The Balaban J connectivity index is 1.42. The number of hydrogen-bond donors (Lipinski definition) is 0. The van der Waals surface area contributed by atoms with Crippen LogP contribution in [0.1, 0.15) is 68.1 Å². The highest BCUT2D eigenvalue weighted by Gasteiger charge is 2.22. The third kappa shape index (κ3) is 5.41. The highest BCUT2D eigenvalue weighted by molar-refractivity contribution is 6.30. The minimum atomic E-state index is -0.428. The maximum Gasteiger partial charge on any atom is 0.142 e. The number of fused-ring (bicyclic) bond motifs is 1. The summed E-state index contributed by atoms with van der Waals surface area (Å²) in [4.78, 5) is 0. The van der Waals surface area contributed by atoms with E-state index in [9.17, 15) is 4.39 Å². The van der Waals surface area contributed by atoms with Gasteiger partial charge in [0.2, 0.25) is 0 Å². The Kier molecular flexibility index (Phi) is 7.63. The van der Waals surface area contributed by atoms with Crippen molar-refractivity contribution in [2.24, 2.45) is 5.92 Å². The van der Waals surface area contributed by atoms with Gasteiger partial charge >= 0.3 is 0 Å². The molecule has 1 aliphatic rings. The van der Waals surface area contributed by atoms with Gasteiger partial charge in [0.1, 0.15) is 11.6 Å². The zero-order chi connectivity index (χ0) is 22.5. The molecule has 0 atom stereocenters. The largest absolute Gasteiger partial charge is 0.206 e. The Bertz CT molecular complexity index is 1090. The third-order valence-corrected chi connectivity index (χ3v) is 7.33. The van der Waals surface area contributed by atoms with Crippen LogP contribution in [0.2, 0.25) is 5.02 Å². The van der Waals surface area contributed by atoms with Gasteiger partial charge < -0.3 is 0 Å². The smallest absolute Gasteiger partial charge is 0.142 e. The Morgan fingerprint density at radius 1 is 0.938 bits per heavy atom. The van der Waals surface area contributed by atoms with E-state index >= 15 is 4.39 Å². The van der Waals surface area contributed by atoms with Crippen LogP contribution in [0, 0.1) is 17.6 Å². The Labute approximate surface area is 195 Å². The fourth-order valence-corrected chi connectivity index (χ4v) is 5.18. The third-order valence-electron chi connectivity index (χ3n) is 7.02. The lowest BCUT2D eigenvalue weighted by atomic mass is 9.77. The molecule has 3 heteroatoms. The van der Waals surface area contributed by atoms with Crippen LogP contribution in [0.5, 0.6) is 0 Å². The monoisotopic (exact) mass is 452 g/mol. The minimum Gasteiger partial charge on any atom is -0.206 e. The first-order valence-corrected chi connectivity index (χ1v) is 12.2. The molecule has 3 aromatic rings. The molecule has 0 unspecified atom stereocenters. The van der Waals surface area contributed by atoms with Crippen molar-refractivity contribution in [1.29, 1.82) is 0 Å². The fourth-order valence-electron chi connectivity index (χ4n) is 5.06. The minimum absolute atomic E-state index is 0.114. The molecule has 4 rings (SSSR count). The molecular formula is C29H31ClF2. The van der Waals surface area contributed by atoms with Gasteiger partial charge in [0.05, 0.1) is 5.02 Å². The summed E-state index contributed by atoms with van der Waals surface area (Å²) in [6.45, 7) is 2.09. The first-order chi connectivity index (χ1) is 15.5. The quantitative estimate of drug-likeness (QED) is 0.313. The van der Waals surface area contributed by atoms with Crippen LogP contribution in [0.3, 0.4) is 0 Å². The van der Waals surface area contributed by atoms with Gasteiger partial charge in [-0.15, -0.1) is 0 Å². The highest BCUT2D eigenvalue weighted by atomic mass is 35.5. The molecule has 168 valence electrons. The van der Waals surface area contributed by atoms with E-state index in [1.165, 1.54) is 50.2 Å². The maximum atomic E-state index is 15.2. The van der Waals surface area contributed by atoms with Crippen molar-refractivity contribution in [1.82, 2.24) is 0 Å². The number of hydrogen-bond acceptors (Lipinski definition) is 0. The molecule has 1 fully saturated rings. The lowest BCUT2D eigenvalue weighted by molar-refractivity contribution is 0.312. The van der Waals surface area contributed by atoms with E-state index in [0.717, 1.165) is 16.9 Å². The SMILES string of the molecule is C/C=C/CCC1CCC(c2ccc3c(F)c(CCc4ccc(Cl)c(F)c4)ccc3c2)CC1. The lowest BCUT2D eigenvalue weighted by Gasteiger charge is -2.29. The van der Waals surface area contributed by atoms with E-state index < -0.39 is 5.82 Å². The normalized spacial score (nSPS) is 19.1. The Hall–Kier alpha value is -2.19. The van der Waals surface area contributed by atoms with Crippen molar-refractivity contribution in [2.75, 3.05) is 0 Å². The van der Waals surface area contributed by atoms with E-state index in [4.69, 9.17) is 11.6 Å². The molecule has 0 aromatic heterocycles. The molecule has 0 amide bonds. The molecular weight excluding hydrogens is 422 g/mol. The molecule has 0 bridgehead atoms. The van der Waals surface area contributed by atoms with Gasteiger partial charge in [-0.2, -0.15) is 0 Å². The molecule has 1 saturated carbocycles. The summed E-state index contributed by atoms with van der Waals surface area (Å²) in [6, 6.07) is 14.9. The molecule has 32 heavy (non-hydrogen) atoms. The van der Waals surface area contributed by atoms with Crippen molar-refractivity contribution < 1.29 is 8.78 Å². The average molecular weight is 453 g/mol. The second-order valence-electron chi connectivity index (χ2n) is 9.13. The topological polar surface area (TPSA) is 0 Å². The predicted octanol–water partition coefficient (Wildman–Crippen LogP) is 9.19. The number of benzene rings is 3. The summed E-state index contributed by atoms with van der Waals surface area (Å²) in [5, 5.41) is 1.76. The van der Waals surface area contributed by atoms with E-state index in [2.05, 4.69) is 31.2 Å². The summed E-state index contributed by atoms with van der Waals surface area (Å²) < 4.78 is 28.9. The Morgan fingerprint density at radius 3 is 2.50 bits per heavy atom. The summed E-state index contributed by atoms with van der Waals surface area (Å²) >= 11 is 5.75. The van der Waals surface area contributed by atoms with E-state index in [-0.39, 0.29) is 10.8 Å². The summed E-state index contributed by atoms with van der Waals surface area (Å²) in [5.41, 5.74) is 2.83. The van der Waals surface area contributed by atoms with Crippen molar-refractivity contribution in [3.8, 4) is 0 Å². The first-order valence-electron chi connectivity index (χ1n) is 11.8. The van der Waals surface area contributed by atoms with Crippen LogP contribution in [-0.2, 0) is 12.8 Å². The summed E-state index contributed by atoms with van der Waals surface area (Å²) in [6.07, 6.45) is 13.0. The molecule has 0 nitrogen and oxygen atoms in total. The van der Waals surface area contributed by atoms with E-state index in [1.54, 1.807) is 12.1 Å². The van der Waals surface area contributed by atoms with E-state index in [1.807, 2.05) is 18.2 Å². The predicted molar refractivity (Wildman–Crippen MR) is 131 cm³/mol. The zero-order valence-electron chi connectivity index (χ0n) is 18.7. The number of halogens is 3. The van der Waals surface area contributed by atoms with Crippen LogP contribution in [0.15, 0.2) is 60.7 Å².